The van der Waals surface area contributed by atoms with Crippen LogP contribution >= 0.6 is 11.6 Å². The van der Waals surface area contributed by atoms with E-state index in [-0.39, 0.29) is 4.90 Å². The number of aliphatic imine (C=N–C) groups is 1. The van der Waals surface area contributed by atoms with Gasteiger partial charge in [-0.05, 0) is 47.5 Å². The van der Waals surface area contributed by atoms with Gasteiger partial charge < -0.3 is 4.57 Å². The number of nitrogens with zero attached hydrogens (tertiary/aromatic N) is 3. The third-order valence-corrected chi connectivity index (χ3v) is 6.01. The van der Waals surface area contributed by atoms with Gasteiger partial charge in [0.15, 0.2) is 5.82 Å². The van der Waals surface area contributed by atoms with Gasteiger partial charge in [-0.25, -0.2) is 18.5 Å². The molecule has 0 bridgehead atoms. The van der Waals surface area contributed by atoms with Gasteiger partial charge in [-0.1, -0.05) is 54.1 Å². The van der Waals surface area contributed by atoms with Gasteiger partial charge in [-0.15, -0.1) is 0 Å². The monoisotopic (exact) mass is 460 g/mol. The molecule has 0 amide bonds. The second-order valence-electron chi connectivity index (χ2n) is 6.94. The van der Waals surface area contributed by atoms with Crippen LogP contribution in [0.25, 0.3) is 16.8 Å². The summed E-state index contributed by atoms with van der Waals surface area (Å²) in [5.41, 5.74) is 3.38. The SMILES string of the molecule is N#Cc1c(-c2ccc(Cl)cc2)cn(-c2ccc(S(N)(=O)=O)cc2)c1N=Cc1ccccc1. The zero-order chi connectivity index (χ0) is 22.7. The molecule has 0 unspecified atom stereocenters. The summed E-state index contributed by atoms with van der Waals surface area (Å²) < 4.78 is 25.0. The minimum atomic E-state index is -3.82. The van der Waals surface area contributed by atoms with Crippen LogP contribution in [0, 0.1) is 11.3 Å². The molecule has 158 valence electrons. The van der Waals surface area contributed by atoms with Crippen molar-refractivity contribution in [3.63, 3.8) is 0 Å². The van der Waals surface area contributed by atoms with Crippen LogP contribution in [0.5, 0.6) is 0 Å². The maximum absolute atomic E-state index is 11.6. The first-order valence-electron chi connectivity index (χ1n) is 9.50. The normalized spacial score (nSPS) is 11.5. The number of sulfonamides is 1. The van der Waals surface area contributed by atoms with E-state index in [0.717, 1.165) is 11.1 Å². The second-order valence-corrected chi connectivity index (χ2v) is 8.94. The molecular formula is C24H17ClN4O2S. The highest BCUT2D eigenvalue weighted by atomic mass is 35.5. The zero-order valence-corrected chi connectivity index (χ0v) is 18.3. The molecular weight excluding hydrogens is 444 g/mol. The molecule has 4 rings (SSSR count). The van der Waals surface area contributed by atoms with Gasteiger partial charge in [-0.2, -0.15) is 5.26 Å². The predicted molar refractivity (Wildman–Crippen MR) is 126 cm³/mol. The average Bonchev–Trinajstić information content (AvgIpc) is 3.17. The Kier molecular flexibility index (Phi) is 5.93. The molecule has 1 aromatic heterocycles. The van der Waals surface area contributed by atoms with E-state index in [9.17, 15) is 13.7 Å². The summed E-state index contributed by atoms with van der Waals surface area (Å²) in [6.07, 6.45) is 3.47. The van der Waals surface area contributed by atoms with Crippen LogP contribution in [0.1, 0.15) is 11.1 Å². The van der Waals surface area contributed by atoms with E-state index in [2.05, 4.69) is 11.1 Å². The van der Waals surface area contributed by atoms with Crippen LogP contribution < -0.4 is 5.14 Å². The molecule has 1 heterocycles. The number of hydrogen-bond donors (Lipinski definition) is 1. The lowest BCUT2D eigenvalue weighted by Crippen LogP contribution is -2.11. The van der Waals surface area contributed by atoms with Crippen LogP contribution in [0.2, 0.25) is 5.02 Å². The van der Waals surface area contributed by atoms with E-state index in [1.165, 1.54) is 12.1 Å². The van der Waals surface area contributed by atoms with Crippen molar-refractivity contribution >= 4 is 33.7 Å². The first-order chi connectivity index (χ1) is 15.4. The fourth-order valence-corrected chi connectivity index (χ4v) is 3.89. The lowest BCUT2D eigenvalue weighted by molar-refractivity contribution is 0.598. The van der Waals surface area contributed by atoms with Crippen LogP contribution in [0.4, 0.5) is 5.82 Å². The topological polar surface area (TPSA) is 101 Å². The van der Waals surface area contributed by atoms with Crippen LogP contribution in [-0.2, 0) is 10.0 Å². The van der Waals surface area contributed by atoms with Gasteiger partial charge in [0.2, 0.25) is 10.0 Å². The summed E-state index contributed by atoms with van der Waals surface area (Å²) in [5, 5.41) is 15.8. The molecule has 0 radical (unpaired) electrons. The van der Waals surface area contributed by atoms with Crippen molar-refractivity contribution in [3.05, 3.63) is 101 Å². The molecule has 3 aromatic carbocycles. The van der Waals surface area contributed by atoms with Crippen molar-refractivity contribution in [2.75, 3.05) is 0 Å². The lowest BCUT2D eigenvalue weighted by atomic mass is 10.1. The van der Waals surface area contributed by atoms with Crippen molar-refractivity contribution in [2.24, 2.45) is 10.1 Å². The second kappa shape index (κ2) is 8.81. The average molecular weight is 461 g/mol. The molecule has 0 aliphatic rings. The summed E-state index contributed by atoms with van der Waals surface area (Å²) in [6, 6.07) is 25.0. The minimum Gasteiger partial charge on any atom is -0.300 e. The van der Waals surface area contributed by atoms with Gasteiger partial charge in [0.05, 0.1) is 4.90 Å². The Bertz CT molecular complexity index is 1440. The number of benzene rings is 3. The summed E-state index contributed by atoms with van der Waals surface area (Å²) in [7, 11) is -3.82. The van der Waals surface area contributed by atoms with Crippen LogP contribution in [0.3, 0.4) is 0 Å². The molecule has 6 nitrogen and oxygen atoms in total. The smallest absolute Gasteiger partial charge is 0.238 e. The number of aromatic nitrogens is 1. The number of rotatable bonds is 5. The molecule has 8 heteroatoms. The third kappa shape index (κ3) is 4.48. The number of hydrogen-bond acceptors (Lipinski definition) is 4. The zero-order valence-electron chi connectivity index (χ0n) is 16.7. The van der Waals surface area contributed by atoms with E-state index >= 15 is 0 Å². The predicted octanol–water partition coefficient (Wildman–Crippen LogP) is 5.07. The quantitative estimate of drug-likeness (QED) is 0.421. The highest BCUT2D eigenvalue weighted by Crippen LogP contribution is 2.35. The van der Waals surface area contributed by atoms with Gasteiger partial charge >= 0.3 is 0 Å². The number of halogens is 1. The number of primary sulfonamides is 1. The highest BCUT2D eigenvalue weighted by Gasteiger charge is 2.18. The standard InChI is InChI=1S/C24H17ClN4O2S/c25-19-8-6-18(7-9-19)23-16-29(20-10-12-21(13-11-20)32(27,30)31)24(22(23)14-26)28-15-17-4-2-1-3-5-17/h1-13,15-16H,(H2,27,30,31). The van der Waals surface area contributed by atoms with Crippen molar-refractivity contribution in [3.8, 4) is 22.9 Å². The maximum Gasteiger partial charge on any atom is 0.238 e. The summed E-state index contributed by atoms with van der Waals surface area (Å²) in [4.78, 5) is 4.61. The van der Waals surface area contributed by atoms with E-state index in [0.29, 0.717) is 27.7 Å². The largest absolute Gasteiger partial charge is 0.300 e. The molecule has 0 atom stereocenters. The van der Waals surface area contributed by atoms with Gasteiger partial charge in [0, 0.05) is 28.7 Å². The summed E-state index contributed by atoms with van der Waals surface area (Å²) >= 11 is 6.02. The van der Waals surface area contributed by atoms with Crippen molar-refractivity contribution in [1.82, 2.24) is 4.57 Å². The minimum absolute atomic E-state index is 0.00109. The third-order valence-electron chi connectivity index (χ3n) is 4.83. The van der Waals surface area contributed by atoms with Gasteiger partial charge in [0.1, 0.15) is 11.6 Å². The molecule has 0 fully saturated rings. The van der Waals surface area contributed by atoms with Crippen LogP contribution in [-0.4, -0.2) is 19.2 Å². The highest BCUT2D eigenvalue weighted by molar-refractivity contribution is 7.89. The number of nitriles is 1. The molecule has 4 aromatic rings. The number of nitrogens with two attached hydrogens (primary N) is 1. The Morgan fingerprint density at radius 3 is 2.22 bits per heavy atom. The Hall–Kier alpha value is -3.70. The van der Waals surface area contributed by atoms with E-state index in [4.69, 9.17) is 16.7 Å². The molecule has 0 aliphatic carbocycles. The molecule has 32 heavy (non-hydrogen) atoms. The van der Waals surface area contributed by atoms with Crippen molar-refractivity contribution < 1.29 is 8.42 Å². The fourth-order valence-electron chi connectivity index (χ4n) is 3.25. The Morgan fingerprint density at radius 1 is 0.969 bits per heavy atom. The molecule has 0 saturated heterocycles. The first-order valence-corrected chi connectivity index (χ1v) is 11.4. The van der Waals surface area contributed by atoms with Gasteiger partial charge in [0.25, 0.3) is 0 Å². The van der Waals surface area contributed by atoms with Crippen molar-refractivity contribution in [1.29, 1.82) is 5.26 Å². The Morgan fingerprint density at radius 2 is 1.62 bits per heavy atom. The summed E-state index contributed by atoms with van der Waals surface area (Å²) in [5.74, 6) is 0.421. The summed E-state index contributed by atoms with van der Waals surface area (Å²) in [6.45, 7) is 0. The first kappa shape index (κ1) is 21.5. The molecule has 0 spiro atoms. The van der Waals surface area contributed by atoms with E-state index < -0.39 is 10.0 Å². The van der Waals surface area contributed by atoms with E-state index in [1.807, 2.05) is 42.5 Å². The fraction of sp³-hybridized carbons (Fsp3) is 0. The molecule has 0 saturated carbocycles. The Balaban J connectivity index is 1.90. The maximum atomic E-state index is 11.6. The molecule has 2 N–H and O–H groups in total. The Labute approximate surface area is 190 Å². The molecule has 0 aliphatic heterocycles. The van der Waals surface area contributed by atoms with Gasteiger partial charge in [-0.3, -0.25) is 0 Å². The van der Waals surface area contributed by atoms with Crippen molar-refractivity contribution in [2.45, 2.75) is 4.90 Å². The van der Waals surface area contributed by atoms with Crippen LogP contribution in [0.15, 0.2) is 94.9 Å². The lowest BCUT2D eigenvalue weighted by Gasteiger charge is -2.07. The van der Waals surface area contributed by atoms with E-state index in [1.54, 1.807) is 41.2 Å².